The van der Waals surface area contributed by atoms with Crippen LogP contribution in [0.2, 0.25) is 0 Å². The minimum absolute atomic E-state index is 0.123. The van der Waals surface area contributed by atoms with Crippen LogP contribution in [-0.2, 0) is 14.3 Å². The fourth-order valence-corrected chi connectivity index (χ4v) is 1.09. The van der Waals surface area contributed by atoms with Gasteiger partial charge in [-0.15, -0.1) is 0 Å². The third-order valence-electron chi connectivity index (χ3n) is 1.97. The smallest absolute Gasteiger partial charge is 0.335 e. The molecule has 6 nitrogen and oxygen atoms in total. The van der Waals surface area contributed by atoms with Gasteiger partial charge in [0.15, 0.2) is 0 Å². The van der Waals surface area contributed by atoms with E-state index in [-0.39, 0.29) is 5.56 Å². The van der Waals surface area contributed by atoms with Gasteiger partial charge in [-0.05, 0) is 24.3 Å². The summed E-state index contributed by atoms with van der Waals surface area (Å²) in [5.41, 5.74) is 0.553. The lowest BCUT2D eigenvalue weighted by Crippen LogP contribution is -2.09. The number of methoxy groups -OCH3 is 1. The summed E-state index contributed by atoms with van der Waals surface area (Å²) >= 11 is 0. The van der Waals surface area contributed by atoms with E-state index < -0.39 is 17.8 Å². The number of carbonyl (C=O) groups excluding carboxylic acids is 2. The van der Waals surface area contributed by atoms with Crippen molar-refractivity contribution < 1.29 is 24.2 Å². The molecule has 0 aliphatic rings. The number of benzene rings is 1. The summed E-state index contributed by atoms with van der Waals surface area (Å²) in [6, 6.07) is 5.63. The predicted molar refractivity (Wildman–Crippen MR) is 63.2 cm³/mol. The maximum Gasteiger partial charge on any atom is 0.335 e. The van der Waals surface area contributed by atoms with Crippen LogP contribution in [0.4, 0.5) is 5.69 Å². The van der Waals surface area contributed by atoms with Crippen LogP contribution in [0.5, 0.6) is 0 Å². The van der Waals surface area contributed by atoms with Crippen molar-refractivity contribution in [2.75, 3.05) is 12.4 Å². The molecular formula is C12H11NO5. The quantitative estimate of drug-likeness (QED) is 0.614. The van der Waals surface area contributed by atoms with E-state index in [1.54, 1.807) is 0 Å². The van der Waals surface area contributed by atoms with Crippen LogP contribution in [0.1, 0.15) is 10.4 Å². The van der Waals surface area contributed by atoms with Gasteiger partial charge in [-0.1, -0.05) is 0 Å². The zero-order valence-electron chi connectivity index (χ0n) is 9.54. The standard InChI is InChI=1S/C12H11NO5/c1-18-11(15)7-6-10(14)13-9-4-2-8(3-5-9)12(16)17/h2-7H,1H3,(H,13,14)(H,16,17)/b7-6+. The number of carboxylic acids is 1. The molecule has 0 unspecified atom stereocenters. The molecule has 0 bridgehead atoms. The van der Waals surface area contributed by atoms with E-state index in [0.717, 1.165) is 12.2 Å². The Bertz CT molecular complexity index is 490. The first kappa shape index (κ1) is 13.4. The van der Waals surface area contributed by atoms with Gasteiger partial charge in [0.1, 0.15) is 0 Å². The summed E-state index contributed by atoms with van der Waals surface area (Å²) in [4.78, 5) is 32.7. The first-order valence-electron chi connectivity index (χ1n) is 4.93. The second-order valence-electron chi connectivity index (χ2n) is 3.23. The lowest BCUT2D eigenvalue weighted by Gasteiger charge is -2.02. The van der Waals surface area contributed by atoms with E-state index in [1.165, 1.54) is 31.4 Å². The van der Waals surface area contributed by atoms with E-state index in [9.17, 15) is 14.4 Å². The summed E-state index contributed by atoms with van der Waals surface area (Å²) in [5.74, 6) is -2.19. The first-order chi connectivity index (χ1) is 8.52. The molecule has 1 rings (SSSR count). The van der Waals surface area contributed by atoms with Gasteiger partial charge in [0.2, 0.25) is 5.91 Å². The van der Waals surface area contributed by atoms with E-state index in [4.69, 9.17) is 5.11 Å². The van der Waals surface area contributed by atoms with Gasteiger partial charge >= 0.3 is 11.9 Å². The number of carboxylic acid groups (broad SMARTS) is 1. The summed E-state index contributed by atoms with van der Waals surface area (Å²) in [6.07, 6.45) is 2.01. The summed E-state index contributed by atoms with van der Waals surface area (Å²) in [7, 11) is 1.20. The maximum atomic E-state index is 11.3. The topological polar surface area (TPSA) is 92.7 Å². The molecule has 6 heteroatoms. The summed E-state index contributed by atoms with van der Waals surface area (Å²) in [6.45, 7) is 0. The predicted octanol–water partition coefficient (Wildman–Crippen LogP) is 1.05. The summed E-state index contributed by atoms with van der Waals surface area (Å²) in [5, 5.41) is 11.1. The molecule has 0 aliphatic carbocycles. The van der Waals surface area contributed by atoms with Crippen LogP contribution in [0, 0.1) is 0 Å². The summed E-state index contributed by atoms with van der Waals surface area (Å²) < 4.78 is 4.32. The monoisotopic (exact) mass is 249 g/mol. The number of hydrogen-bond donors (Lipinski definition) is 2. The molecule has 0 saturated carbocycles. The number of nitrogens with one attached hydrogen (secondary N) is 1. The number of ether oxygens (including phenoxy) is 1. The number of aromatic carboxylic acids is 1. The van der Waals surface area contributed by atoms with Gasteiger partial charge in [-0.25, -0.2) is 9.59 Å². The zero-order chi connectivity index (χ0) is 13.5. The fourth-order valence-electron chi connectivity index (χ4n) is 1.09. The normalized spacial score (nSPS) is 10.1. The van der Waals surface area contributed by atoms with Crippen LogP contribution in [0.15, 0.2) is 36.4 Å². The van der Waals surface area contributed by atoms with Gasteiger partial charge in [0.05, 0.1) is 12.7 Å². The molecule has 0 heterocycles. The minimum atomic E-state index is -1.04. The van der Waals surface area contributed by atoms with Gasteiger partial charge in [-0.2, -0.15) is 0 Å². The Hall–Kier alpha value is -2.63. The average molecular weight is 249 g/mol. The lowest BCUT2D eigenvalue weighted by atomic mass is 10.2. The number of carbonyl (C=O) groups is 3. The Morgan fingerprint density at radius 3 is 2.28 bits per heavy atom. The van der Waals surface area contributed by atoms with Crippen molar-refractivity contribution in [3.8, 4) is 0 Å². The molecule has 0 fully saturated rings. The highest BCUT2D eigenvalue weighted by Gasteiger charge is 2.03. The minimum Gasteiger partial charge on any atom is -0.478 e. The van der Waals surface area contributed by atoms with E-state index in [0.29, 0.717) is 5.69 Å². The van der Waals surface area contributed by atoms with Crippen molar-refractivity contribution in [1.29, 1.82) is 0 Å². The Balaban J connectivity index is 2.62. The zero-order valence-corrected chi connectivity index (χ0v) is 9.54. The van der Waals surface area contributed by atoms with Crippen LogP contribution >= 0.6 is 0 Å². The second kappa shape index (κ2) is 6.19. The molecule has 0 radical (unpaired) electrons. The van der Waals surface area contributed by atoms with Crippen molar-refractivity contribution >= 4 is 23.5 Å². The van der Waals surface area contributed by atoms with Gasteiger partial charge in [0, 0.05) is 17.8 Å². The Kier molecular flexibility index (Phi) is 4.62. The van der Waals surface area contributed by atoms with Crippen molar-refractivity contribution in [2.24, 2.45) is 0 Å². The van der Waals surface area contributed by atoms with Crippen LogP contribution in [0.25, 0.3) is 0 Å². The molecule has 1 amide bonds. The molecule has 0 aromatic heterocycles. The SMILES string of the molecule is COC(=O)/C=C/C(=O)Nc1ccc(C(=O)O)cc1. The van der Waals surface area contributed by atoms with Crippen LogP contribution in [-0.4, -0.2) is 30.1 Å². The molecule has 18 heavy (non-hydrogen) atoms. The van der Waals surface area contributed by atoms with Gasteiger partial charge in [0.25, 0.3) is 0 Å². The van der Waals surface area contributed by atoms with Gasteiger partial charge < -0.3 is 15.2 Å². The Morgan fingerprint density at radius 2 is 1.78 bits per heavy atom. The molecule has 2 N–H and O–H groups in total. The van der Waals surface area contributed by atoms with E-state index >= 15 is 0 Å². The Labute approximate surface area is 103 Å². The number of esters is 1. The Morgan fingerprint density at radius 1 is 1.17 bits per heavy atom. The number of anilines is 1. The van der Waals surface area contributed by atoms with E-state index in [2.05, 4.69) is 10.1 Å². The second-order valence-corrected chi connectivity index (χ2v) is 3.23. The van der Waals surface area contributed by atoms with Crippen LogP contribution in [0.3, 0.4) is 0 Å². The molecular weight excluding hydrogens is 238 g/mol. The maximum absolute atomic E-state index is 11.3. The number of rotatable bonds is 4. The molecule has 1 aromatic carbocycles. The largest absolute Gasteiger partial charge is 0.478 e. The fraction of sp³-hybridized carbons (Fsp3) is 0.0833. The van der Waals surface area contributed by atoms with E-state index in [1.807, 2.05) is 0 Å². The number of hydrogen-bond acceptors (Lipinski definition) is 4. The molecule has 1 aromatic rings. The molecule has 0 spiro atoms. The van der Waals surface area contributed by atoms with Crippen molar-refractivity contribution in [1.82, 2.24) is 0 Å². The van der Waals surface area contributed by atoms with Crippen molar-refractivity contribution in [3.05, 3.63) is 42.0 Å². The number of amides is 1. The van der Waals surface area contributed by atoms with Gasteiger partial charge in [-0.3, -0.25) is 4.79 Å². The molecule has 0 saturated heterocycles. The molecule has 0 aliphatic heterocycles. The first-order valence-corrected chi connectivity index (χ1v) is 4.93. The molecule has 0 atom stereocenters. The third-order valence-corrected chi connectivity index (χ3v) is 1.97. The lowest BCUT2D eigenvalue weighted by molar-refractivity contribution is -0.135. The van der Waals surface area contributed by atoms with Crippen molar-refractivity contribution in [3.63, 3.8) is 0 Å². The molecule has 94 valence electrons. The average Bonchev–Trinajstić information content (AvgIpc) is 2.36. The highest BCUT2D eigenvalue weighted by atomic mass is 16.5. The van der Waals surface area contributed by atoms with Crippen molar-refractivity contribution in [2.45, 2.75) is 0 Å². The highest BCUT2D eigenvalue weighted by molar-refractivity contribution is 6.02. The highest BCUT2D eigenvalue weighted by Crippen LogP contribution is 2.09. The van der Waals surface area contributed by atoms with Crippen LogP contribution < -0.4 is 5.32 Å². The third kappa shape index (κ3) is 4.09.